The molecule has 1 aliphatic carbocycles. The van der Waals surface area contributed by atoms with Crippen molar-refractivity contribution in [2.24, 2.45) is 10.9 Å². The van der Waals surface area contributed by atoms with Crippen LogP contribution in [0.4, 0.5) is 11.4 Å². The number of nitrogens with zero attached hydrogens (tertiary/aromatic N) is 2. The lowest BCUT2D eigenvalue weighted by Gasteiger charge is -2.25. The van der Waals surface area contributed by atoms with Crippen molar-refractivity contribution in [2.75, 3.05) is 17.3 Å². The van der Waals surface area contributed by atoms with E-state index in [0.29, 0.717) is 11.0 Å². The van der Waals surface area contributed by atoms with Crippen molar-refractivity contribution in [3.8, 4) is 11.5 Å². The third-order valence-corrected chi connectivity index (χ3v) is 6.94. The third kappa shape index (κ3) is 5.41. The van der Waals surface area contributed by atoms with E-state index >= 15 is 0 Å². The standard InChI is InChI=1S/C29H30N4O2S/c1-33-25-15-9-8-14-24(25)26(20-10-4-2-5-11-20)31-27(28(33)34)32-29(36)30-21-16-18-23(19-17-21)35-22-12-6-3-7-13-22/h3,6-9,12-20,27H,2,4-5,10-11H2,1H3,(H2,30,32,36). The van der Waals surface area contributed by atoms with Gasteiger partial charge in [0.2, 0.25) is 6.17 Å². The number of fused-ring (bicyclic) bond motifs is 1. The lowest BCUT2D eigenvalue weighted by molar-refractivity contribution is -0.119. The topological polar surface area (TPSA) is 66.0 Å². The highest BCUT2D eigenvalue weighted by Gasteiger charge is 2.33. The molecule has 0 aromatic heterocycles. The van der Waals surface area contributed by atoms with Gasteiger partial charge in [0.25, 0.3) is 5.91 Å². The molecule has 0 radical (unpaired) electrons. The second-order valence-corrected chi connectivity index (χ2v) is 9.61. The number of benzodiazepines with no additional fused rings is 1. The van der Waals surface area contributed by atoms with Gasteiger partial charge >= 0.3 is 0 Å². The van der Waals surface area contributed by atoms with Gasteiger partial charge in [-0.25, -0.2) is 0 Å². The first-order valence-corrected chi connectivity index (χ1v) is 12.8. The van der Waals surface area contributed by atoms with Crippen LogP contribution in [-0.4, -0.2) is 29.9 Å². The Balaban J connectivity index is 1.31. The molecule has 5 rings (SSSR count). The third-order valence-electron chi connectivity index (χ3n) is 6.72. The van der Waals surface area contributed by atoms with E-state index in [-0.39, 0.29) is 5.91 Å². The van der Waals surface area contributed by atoms with Crippen LogP contribution in [0.5, 0.6) is 11.5 Å². The molecule has 3 aromatic rings. The highest BCUT2D eigenvalue weighted by Crippen LogP contribution is 2.33. The van der Waals surface area contributed by atoms with Crippen molar-refractivity contribution in [2.45, 2.75) is 38.3 Å². The lowest BCUT2D eigenvalue weighted by Crippen LogP contribution is -2.47. The van der Waals surface area contributed by atoms with Gasteiger partial charge in [-0.1, -0.05) is 55.7 Å². The van der Waals surface area contributed by atoms with E-state index in [1.54, 1.807) is 11.9 Å². The van der Waals surface area contributed by atoms with Crippen LogP contribution in [0.1, 0.15) is 37.7 Å². The van der Waals surface area contributed by atoms with Gasteiger partial charge in [0.05, 0.1) is 11.4 Å². The Labute approximate surface area is 217 Å². The summed E-state index contributed by atoms with van der Waals surface area (Å²) in [5.41, 5.74) is 3.73. The predicted molar refractivity (Wildman–Crippen MR) is 149 cm³/mol. The fraction of sp³-hybridized carbons (Fsp3) is 0.276. The number of ether oxygens (including phenoxy) is 1. The summed E-state index contributed by atoms with van der Waals surface area (Å²) < 4.78 is 5.86. The van der Waals surface area contributed by atoms with Crippen LogP contribution >= 0.6 is 12.2 Å². The molecule has 1 fully saturated rings. The number of anilines is 2. The van der Waals surface area contributed by atoms with E-state index < -0.39 is 6.17 Å². The van der Waals surface area contributed by atoms with Crippen LogP contribution in [0, 0.1) is 5.92 Å². The maximum atomic E-state index is 13.4. The van der Waals surface area contributed by atoms with Gasteiger partial charge in [0.1, 0.15) is 11.5 Å². The highest BCUT2D eigenvalue weighted by atomic mass is 32.1. The first-order chi connectivity index (χ1) is 17.6. The minimum atomic E-state index is -0.792. The monoisotopic (exact) mass is 498 g/mol. The number of hydrogen-bond donors (Lipinski definition) is 2. The highest BCUT2D eigenvalue weighted by molar-refractivity contribution is 7.80. The van der Waals surface area contributed by atoms with Crippen molar-refractivity contribution in [1.82, 2.24) is 5.32 Å². The Kier molecular flexibility index (Phi) is 7.28. The van der Waals surface area contributed by atoms with Crippen molar-refractivity contribution in [1.29, 1.82) is 0 Å². The van der Waals surface area contributed by atoms with Gasteiger partial charge < -0.3 is 20.3 Å². The van der Waals surface area contributed by atoms with Gasteiger partial charge in [-0.15, -0.1) is 0 Å². The first-order valence-electron chi connectivity index (χ1n) is 12.4. The number of nitrogens with one attached hydrogen (secondary N) is 2. The van der Waals surface area contributed by atoms with Crippen molar-refractivity contribution in [3.05, 3.63) is 84.4 Å². The molecule has 0 bridgehead atoms. The van der Waals surface area contributed by atoms with Gasteiger partial charge in [-0.3, -0.25) is 9.79 Å². The molecule has 0 saturated heterocycles. The maximum Gasteiger partial charge on any atom is 0.272 e. The van der Waals surface area contributed by atoms with Gasteiger partial charge in [-0.2, -0.15) is 0 Å². The number of hydrogen-bond acceptors (Lipinski definition) is 4. The summed E-state index contributed by atoms with van der Waals surface area (Å²) in [6, 6.07) is 25.2. The van der Waals surface area contributed by atoms with Gasteiger partial charge in [0, 0.05) is 24.2 Å². The van der Waals surface area contributed by atoms with E-state index in [4.69, 9.17) is 21.9 Å². The molecule has 1 heterocycles. The number of para-hydroxylation sites is 2. The van der Waals surface area contributed by atoms with Crippen LogP contribution in [0.15, 0.2) is 83.9 Å². The zero-order valence-corrected chi connectivity index (χ0v) is 21.1. The molecule has 2 N–H and O–H groups in total. The number of rotatable bonds is 5. The van der Waals surface area contributed by atoms with E-state index in [1.807, 2.05) is 72.8 Å². The molecule has 3 aromatic carbocycles. The van der Waals surface area contributed by atoms with Crippen LogP contribution in [0.25, 0.3) is 0 Å². The van der Waals surface area contributed by atoms with Crippen LogP contribution in [0.3, 0.4) is 0 Å². The molecule has 1 amide bonds. The second kappa shape index (κ2) is 10.9. The molecule has 0 spiro atoms. The Morgan fingerprint density at radius 2 is 1.58 bits per heavy atom. The van der Waals surface area contributed by atoms with Gasteiger partial charge in [0.15, 0.2) is 5.11 Å². The first kappa shape index (κ1) is 24.0. The average Bonchev–Trinajstić information content (AvgIpc) is 3.01. The number of likely N-dealkylation sites (N-methyl/N-ethyl adjacent to an activating group) is 1. The van der Waals surface area contributed by atoms with E-state index in [1.165, 1.54) is 19.3 Å². The normalized spacial score (nSPS) is 18.0. The van der Waals surface area contributed by atoms with Crippen molar-refractivity contribution < 1.29 is 9.53 Å². The van der Waals surface area contributed by atoms with E-state index in [0.717, 1.165) is 47.0 Å². The van der Waals surface area contributed by atoms with Crippen molar-refractivity contribution >= 4 is 40.3 Å². The average molecular weight is 499 g/mol. The van der Waals surface area contributed by atoms with Crippen molar-refractivity contribution in [3.63, 3.8) is 0 Å². The summed E-state index contributed by atoms with van der Waals surface area (Å²) in [5.74, 6) is 1.72. The van der Waals surface area contributed by atoms with E-state index in [9.17, 15) is 4.79 Å². The van der Waals surface area contributed by atoms with Gasteiger partial charge in [-0.05, 0) is 67.5 Å². The summed E-state index contributed by atoms with van der Waals surface area (Å²) in [6.45, 7) is 0. The Bertz CT molecular complexity index is 1250. The summed E-state index contributed by atoms with van der Waals surface area (Å²) in [6.07, 6.45) is 5.04. The number of carbonyl (C=O) groups is 1. The predicted octanol–water partition coefficient (Wildman–Crippen LogP) is 6.14. The second-order valence-electron chi connectivity index (χ2n) is 9.20. The molecule has 184 valence electrons. The summed E-state index contributed by atoms with van der Waals surface area (Å²) >= 11 is 5.58. The van der Waals surface area contributed by atoms with Crippen LogP contribution < -0.4 is 20.3 Å². The number of thiocarbonyl (C=S) groups is 1. The van der Waals surface area contributed by atoms with Crippen LogP contribution in [-0.2, 0) is 4.79 Å². The Hall–Kier alpha value is -3.71. The smallest absolute Gasteiger partial charge is 0.272 e. The number of amides is 1. The fourth-order valence-electron chi connectivity index (χ4n) is 4.87. The Morgan fingerprint density at radius 3 is 2.33 bits per heavy atom. The largest absolute Gasteiger partial charge is 0.457 e. The molecule has 1 unspecified atom stereocenters. The molecule has 1 atom stereocenters. The molecule has 6 nitrogen and oxygen atoms in total. The molecule has 1 saturated carbocycles. The van der Waals surface area contributed by atoms with Crippen LogP contribution in [0.2, 0.25) is 0 Å². The summed E-state index contributed by atoms with van der Waals surface area (Å²) in [7, 11) is 1.80. The number of carbonyl (C=O) groups excluding carboxylic acids is 1. The maximum absolute atomic E-state index is 13.4. The molecule has 36 heavy (non-hydrogen) atoms. The molecule has 1 aliphatic heterocycles. The molecule has 2 aliphatic rings. The quantitative estimate of drug-likeness (QED) is 0.414. The zero-order valence-electron chi connectivity index (χ0n) is 20.3. The number of benzene rings is 3. The lowest BCUT2D eigenvalue weighted by atomic mass is 9.83. The minimum absolute atomic E-state index is 0.135. The van der Waals surface area contributed by atoms with E-state index in [2.05, 4.69) is 16.7 Å². The summed E-state index contributed by atoms with van der Waals surface area (Å²) in [4.78, 5) is 20.1. The molecular formula is C29H30N4O2S. The molecule has 7 heteroatoms. The number of aliphatic imine (C=N–C) groups is 1. The minimum Gasteiger partial charge on any atom is -0.457 e. The molecular weight excluding hydrogens is 468 g/mol. The SMILES string of the molecule is CN1C(=O)C(NC(=S)Nc2ccc(Oc3ccccc3)cc2)N=C(C2CCCCC2)c2ccccc21. The fourth-order valence-corrected chi connectivity index (χ4v) is 5.10. The Morgan fingerprint density at radius 1 is 0.917 bits per heavy atom. The summed E-state index contributed by atoms with van der Waals surface area (Å²) in [5, 5.41) is 6.68. The zero-order chi connectivity index (χ0) is 24.9.